The summed E-state index contributed by atoms with van der Waals surface area (Å²) in [5.74, 6) is 0.832. The van der Waals surface area contributed by atoms with Gasteiger partial charge in [0.05, 0.1) is 24.9 Å². The van der Waals surface area contributed by atoms with Crippen LogP contribution in [0, 0.1) is 0 Å². The molecule has 0 bridgehead atoms. The van der Waals surface area contributed by atoms with Crippen molar-refractivity contribution in [2.75, 3.05) is 26.4 Å². The highest BCUT2D eigenvalue weighted by Crippen LogP contribution is 2.19. The Labute approximate surface area is 137 Å². The fourth-order valence-electron chi connectivity index (χ4n) is 3.01. The van der Waals surface area contributed by atoms with Gasteiger partial charge in [0, 0.05) is 18.7 Å². The van der Waals surface area contributed by atoms with Gasteiger partial charge in [0.25, 0.3) is 5.91 Å². The molecule has 0 saturated carbocycles. The molecular formula is C18H25NO4. The van der Waals surface area contributed by atoms with E-state index in [1.165, 1.54) is 0 Å². The molecule has 0 radical (unpaired) electrons. The third kappa shape index (κ3) is 4.03. The predicted molar refractivity (Wildman–Crippen MR) is 86.8 cm³/mol. The van der Waals surface area contributed by atoms with E-state index < -0.39 is 0 Å². The summed E-state index contributed by atoms with van der Waals surface area (Å²) in [5.41, 5.74) is 0.690. The van der Waals surface area contributed by atoms with Crippen LogP contribution in [0.5, 0.6) is 5.75 Å². The molecule has 0 aromatic heterocycles. The first-order valence-corrected chi connectivity index (χ1v) is 8.40. The normalized spacial score (nSPS) is 27.9. The molecule has 3 atom stereocenters. The molecule has 1 amide bonds. The molecule has 2 fully saturated rings. The monoisotopic (exact) mass is 319 g/mol. The van der Waals surface area contributed by atoms with Crippen molar-refractivity contribution in [2.45, 2.75) is 44.9 Å². The lowest BCUT2D eigenvalue weighted by molar-refractivity contribution is -0.0387. The Bertz CT molecular complexity index is 524. The van der Waals surface area contributed by atoms with Crippen LogP contribution in [0.2, 0.25) is 0 Å². The predicted octanol–water partition coefficient (Wildman–Crippen LogP) is 2.49. The molecule has 0 aliphatic carbocycles. The van der Waals surface area contributed by atoms with Crippen molar-refractivity contribution in [1.29, 1.82) is 0 Å². The topological polar surface area (TPSA) is 48.0 Å². The lowest BCUT2D eigenvalue weighted by Crippen LogP contribution is -2.50. The van der Waals surface area contributed by atoms with Gasteiger partial charge in [0.2, 0.25) is 0 Å². The molecule has 23 heavy (non-hydrogen) atoms. The van der Waals surface area contributed by atoms with Crippen molar-refractivity contribution in [3.8, 4) is 5.75 Å². The molecular weight excluding hydrogens is 294 g/mol. The summed E-state index contributed by atoms with van der Waals surface area (Å²) in [4.78, 5) is 14.5. The Morgan fingerprint density at radius 1 is 1.26 bits per heavy atom. The summed E-state index contributed by atoms with van der Waals surface area (Å²) >= 11 is 0. The second-order valence-electron chi connectivity index (χ2n) is 6.42. The molecule has 2 saturated heterocycles. The second kappa shape index (κ2) is 7.32. The van der Waals surface area contributed by atoms with Gasteiger partial charge in [0.15, 0.2) is 0 Å². The summed E-state index contributed by atoms with van der Waals surface area (Å²) in [6.45, 7) is 6.65. The molecule has 1 aromatic rings. The van der Waals surface area contributed by atoms with E-state index in [2.05, 4.69) is 0 Å². The second-order valence-corrected chi connectivity index (χ2v) is 6.42. The third-order valence-corrected chi connectivity index (χ3v) is 4.43. The number of carbonyl (C=O) groups excluding carboxylic acids is 1. The van der Waals surface area contributed by atoms with E-state index in [1.54, 1.807) is 0 Å². The summed E-state index contributed by atoms with van der Waals surface area (Å²) in [7, 11) is 0. The van der Waals surface area contributed by atoms with Crippen LogP contribution < -0.4 is 4.74 Å². The number of morpholine rings is 1. The van der Waals surface area contributed by atoms with Crippen LogP contribution in [-0.2, 0) is 9.47 Å². The van der Waals surface area contributed by atoms with E-state index in [0.29, 0.717) is 25.3 Å². The Morgan fingerprint density at radius 3 is 2.74 bits per heavy atom. The first-order chi connectivity index (χ1) is 11.1. The minimum absolute atomic E-state index is 0.0540. The van der Waals surface area contributed by atoms with E-state index >= 15 is 0 Å². The van der Waals surface area contributed by atoms with Gasteiger partial charge in [-0.25, -0.2) is 0 Å². The molecule has 0 unspecified atom stereocenters. The maximum absolute atomic E-state index is 12.6. The molecule has 2 aliphatic heterocycles. The minimum Gasteiger partial charge on any atom is -0.491 e. The van der Waals surface area contributed by atoms with Gasteiger partial charge in [-0.15, -0.1) is 0 Å². The average molecular weight is 319 g/mol. The van der Waals surface area contributed by atoms with Crippen molar-refractivity contribution < 1.29 is 19.0 Å². The van der Waals surface area contributed by atoms with Gasteiger partial charge < -0.3 is 19.1 Å². The summed E-state index contributed by atoms with van der Waals surface area (Å²) in [6.07, 6.45) is 2.46. The highest BCUT2D eigenvalue weighted by atomic mass is 16.5. The van der Waals surface area contributed by atoms with Crippen molar-refractivity contribution in [3.63, 3.8) is 0 Å². The fraction of sp³-hybridized carbons (Fsp3) is 0.611. The number of carbonyl (C=O) groups is 1. The molecule has 0 N–H and O–H groups in total. The Hall–Kier alpha value is -1.59. The van der Waals surface area contributed by atoms with Crippen molar-refractivity contribution >= 4 is 5.91 Å². The Balaban J connectivity index is 1.58. The third-order valence-electron chi connectivity index (χ3n) is 4.43. The molecule has 5 nitrogen and oxygen atoms in total. The van der Waals surface area contributed by atoms with Gasteiger partial charge in [-0.2, -0.15) is 0 Å². The zero-order valence-electron chi connectivity index (χ0n) is 13.9. The van der Waals surface area contributed by atoms with Gasteiger partial charge in [0.1, 0.15) is 12.4 Å². The van der Waals surface area contributed by atoms with Crippen LogP contribution in [0.25, 0.3) is 0 Å². The van der Waals surface area contributed by atoms with Crippen LogP contribution in [-0.4, -0.2) is 55.4 Å². The van der Waals surface area contributed by atoms with Crippen LogP contribution in [0.3, 0.4) is 0 Å². The molecule has 1 aromatic carbocycles. The van der Waals surface area contributed by atoms with Gasteiger partial charge >= 0.3 is 0 Å². The lowest BCUT2D eigenvalue weighted by atomic mass is 10.1. The molecule has 126 valence electrons. The van der Waals surface area contributed by atoms with Gasteiger partial charge in [-0.1, -0.05) is 0 Å². The molecule has 3 rings (SSSR count). The number of ether oxygens (including phenoxy) is 3. The zero-order chi connectivity index (χ0) is 16.2. The molecule has 5 heteroatoms. The average Bonchev–Trinajstić information content (AvgIpc) is 3.08. The standard InChI is InChI=1S/C18H25NO4/c1-13-11-22-14(2)10-19(13)18(20)15-5-7-16(8-6-15)23-12-17-4-3-9-21-17/h5-8,13-14,17H,3-4,9-12H2,1-2H3/t13-,14-,17-/m1/s1. The van der Waals surface area contributed by atoms with Gasteiger partial charge in [-0.05, 0) is 51.0 Å². The molecule has 2 heterocycles. The quantitative estimate of drug-likeness (QED) is 0.855. The van der Waals surface area contributed by atoms with Crippen molar-refractivity contribution in [3.05, 3.63) is 29.8 Å². The number of rotatable bonds is 4. The highest BCUT2D eigenvalue weighted by Gasteiger charge is 2.28. The summed E-state index contributed by atoms with van der Waals surface area (Å²) in [6, 6.07) is 7.49. The number of hydrogen-bond acceptors (Lipinski definition) is 4. The minimum atomic E-state index is 0.0540. The number of nitrogens with zero attached hydrogens (tertiary/aromatic N) is 1. The van der Waals surface area contributed by atoms with E-state index in [9.17, 15) is 4.79 Å². The van der Waals surface area contributed by atoms with Crippen LogP contribution in [0.1, 0.15) is 37.0 Å². The smallest absolute Gasteiger partial charge is 0.254 e. The van der Waals surface area contributed by atoms with Crippen molar-refractivity contribution in [2.24, 2.45) is 0 Å². The number of benzene rings is 1. The largest absolute Gasteiger partial charge is 0.491 e. The molecule has 0 spiro atoms. The first-order valence-electron chi connectivity index (χ1n) is 8.40. The maximum atomic E-state index is 12.6. The summed E-state index contributed by atoms with van der Waals surface area (Å²) < 4.78 is 16.9. The van der Waals surface area contributed by atoms with E-state index in [4.69, 9.17) is 14.2 Å². The summed E-state index contributed by atoms with van der Waals surface area (Å²) in [5, 5.41) is 0. The van der Waals surface area contributed by atoms with E-state index in [1.807, 2.05) is 43.0 Å². The highest BCUT2D eigenvalue weighted by molar-refractivity contribution is 5.94. The fourth-order valence-corrected chi connectivity index (χ4v) is 3.01. The van der Waals surface area contributed by atoms with Crippen LogP contribution >= 0.6 is 0 Å². The van der Waals surface area contributed by atoms with Crippen LogP contribution in [0.4, 0.5) is 0 Å². The Kier molecular flexibility index (Phi) is 5.18. The first kappa shape index (κ1) is 16.3. The molecule has 2 aliphatic rings. The maximum Gasteiger partial charge on any atom is 0.254 e. The van der Waals surface area contributed by atoms with Crippen LogP contribution in [0.15, 0.2) is 24.3 Å². The van der Waals surface area contributed by atoms with Crippen molar-refractivity contribution in [1.82, 2.24) is 4.90 Å². The lowest BCUT2D eigenvalue weighted by Gasteiger charge is -2.36. The number of hydrogen-bond donors (Lipinski definition) is 0. The van der Waals surface area contributed by atoms with Gasteiger partial charge in [-0.3, -0.25) is 4.79 Å². The number of amides is 1. The van der Waals surface area contributed by atoms with E-state index in [0.717, 1.165) is 25.2 Å². The van der Waals surface area contributed by atoms with E-state index in [-0.39, 0.29) is 24.2 Å². The Morgan fingerprint density at radius 2 is 2.04 bits per heavy atom. The zero-order valence-corrected chi connectivity index (χ0v) is 13.9. The SMILES string of the molecule is C[C@@H]1CN(C(=O)c2ccc(OC[C@H]3CCCO3)cc2)[C@H](C)CO1.